The number of hydrogen-bond donors (Lipinski definition) is 0. The maximum Gasteiger partial charge on any atom is 0.295 e. The Morgan fingerprint density at radius 3 is 2.75 bits per heavy atom. The number of fused-ring (bicyclic) bond motifs is 1. The van der Waals surface area contributed by atoms with E-state index in [1.807, 2.05) is 24.3 Å². The lowest BCUT2D eigenvalue weighted by atomic mass is 10.3. The van der Waals surface area contributed by atoms with Crippen LogP contribution in [-0.4, -0.2) is 27.8 Å². The molecule has 0 saturated carbocycles. The fourth-order valence-electron chi connectivity index (χ4n) is 1.98. The minimum atomic E-state index is -0.248. The number of benzene rings is 1. The molecule has 2 heterocycles. The van der Waals surface area contributed by atoms with Crippen molar-refractivity contribution in [3.8, 4) is 5.75 Å². The third kappa shape index (κ3) is 2.36. The van der Waals surface area contributed by atoms with Crippen molar-refractivity contribution in [1.29, 1.82) is 0 Å². The summed E-state index contributed by atoms with van der Waals surface area (Å²) in [6.07, 6.45) is 0. The number of thioether (sulfide) groups is 1. The van der Waals surface area contributed by atoms with Gasteiger partial charge in [-0.3, -0.25) is 4.79 Å². The molecule has 0 bridgehead atoms. The summed E-state index contributed by atoms with van der Waals surface area (Å²) in [6.45, 7) is 2.27. The van der Waals surface area contributed by atoms with Crippen LogP contribution in [0.25, 0.3) is 0 Å². The highest BCUT2D eigenvalue weighted by Gasteiger charge is 2.19. The van der Waals surface area contributed by atoms with E-state index < -0.39 is 0 Å². The first-order valence-corrected chi connectivity index (χ1v) is 7.13. The lowest BCUT2D eigenvalue weighted by molar-refractivity contribution is 0.414. The van der Waals surface area contributed by atoms with Crippen molar-refractivity contribution in [2.24, 2.45) is 0 Å². The van der Waals surface area contributed by atoms with E-state index in [0.717, 1.165) is 17.3 Å². The number of rotatable bonds is 2. The van der Waals surface area contributed by atoms with Crippen molar-refractivity contribution in [2.45, 2.75) is 18.7 Å². The Kier molecular flexibility index (Phi) is 3.35. The highest BCUT2D eigenvalue weighted by atomic mass is 32.2. The van der Waals surface area contributed by atoms with Gasteiger partial charge >= 0.3 is 0 Å². The lowest BCUT2D eigenvalue weighted by Gasteiger charge is -2.30. The van der Waals surface area contributed by atoms with Gasteiger partial charge in [-0.2, -0.15) is 10.1 Å². The summed E-state index contributed by atoms with van der Waals surface area (Å²) in [5.74, 6) is 1.57. The predicted molar refractivity (Wildman–Crippen MR) is 77.2 cm³/mol. The van der Waals surface area contributed by atoms with Crippen LogP contribution in [0.4, 0.5) is 5.69 Å². The van der Waals surface area contributed by atoms with Crippen LogP contribution in [-0.2, 0) is 6.67 Å². The summed E-state index contributed by atoms with van der Waals surface area (Å²) in [7, 11) is 1.65. The summed E-state index contributed by atoms with van der Waals surface area (Å²) in [4.78, 5) is 17.7. The van der Waals surface area contributed by atoms with Crippen LogP contribution in [0.2, 0.25) is 0 Å². The van der Waals surface area contributed by atoms with Gasteiger partial charge in [0.05, 0.1) is 13.0 Å². The van der Waals surface area contributed by atoms with E-state index in [9.17, 15) is 4.79 Å². The summed E-state index contributed by atoms with van der Waals surface area (Å²) >= 11 is 1.51. The minimum absolute atomic E-state index is 0.248. The molecular formula is C13H14N4O2S. The second-order valence-corrected chi connectivity index (χ2v) is 5.35. The van der Waals surface area contributed by atoms with Crippen LogP contribution in [0.1, 0.15) is 5.69 Å². The topological polar surface area (TPSA) is 60.2 Å². The molecule has 1 aromatic carbocycles. The summed E-state index contributed by atoms with van der Waals surface area (Å²) in [5, 5.41) is 4.95. The minimum Gasteiger partial charge on any atom is -0.497 e. The zero-order valence-electron chi connectivity index (χ0n) is 11.2. The smallest absolute Gasteiger partial charge is 0.295 e. The number of methoxy groups -OCH3 is 1. The molecule has 1 aliphatic heterocycles. The largest absolute Gasteiger partial charge is 0.497 e. The van der Waals surface area contributed by atoms with Gasteiger partial charge in [0.25, 0.3) is 5.56 Å². The van der Waals surface area contributed by atoms with E-state index in [2.05, 4.69) is 15.0 Å². The predicted octanol–water partition coefficient (Wildman–Crippen LogP) is 1.48. The average molecular weight is 290 g/mol. The SMILES string of the molecule is COc1ccc(N2CSc3nc(=O)c(C)nn3C2)cc1. The van der Waals surface area contributed by atoms with Crippen molar-refractivity contribution in [3.63, 3.8) is 0 Å². The molecule has 0 spiro atoms. The van der Waals surface area contributed by atoms with Gasteiger partial charge in [0.2, 0.25) is 0 Å². The first-order chi connectivity index (χ1) is 9.67. The molecule has 0 aliphatic carbocycles. The van der Waals surface area contributed by atoms with Crippen LogP contribution >= 0.6 is 11.8 Å². The zero-order chi connectivity index (χ0) is 14.1. The molecule has 2 aromatic rings. The molecule has 6 nitrogen and oxygen atoms in total. The maximum atomic E-state index is 11.5. The van der Waals surface area contributed by atoms with Gasteiger partial charge in [0.15, 0.2) is 5.16 Å². The Morgan fingerprint density at radius 2 is 2.05 bits per heavy atom. The Balaban J connectivity index is 1.87. The highest BCUT2D eigenvalue weighted by Crippen LogP contribution is 2.27. The number of ether oxygens (including phenoxy) is 1. The van der Waals surface area contributed by atoms with E-state index in [1.165, 1.54) is 11.8 Å². The average Bonchev–Trinajstić information content (AvgIpc) is 2.48. The van der Waals surface area contributed by atoms with Crippen LogP contribution in [0.5, 0.6) is 5.75 Å². The Hall–Kier alpha value is -2.02. The molecule has 0 fully saturated rings. The van der Waals surface area contributed by atoms with Crippen molar-refractivity contribution in [1.82, 2.24) is 14.8 Å². The molecule has 3 rings (SSSR count). The molecule has 7 heteroatoms. The molecule has 20 heavy (non-hydrogen) atoms. The van der Waals surface area contributed by atoms with E-state index >= 15 is 0 Å². The van der Waals surface area contributed by atoms with Gasteiger partial charge in [0.1, 0.15) is 18.1 Å². The first-order valence-electron chi connectivity index (χ1n) is 6.15. The molecule has 104 valence electrons. The number of nitrogens with zero attached hydrogens (tertiary/aromatic N) is 4. The fraction of sp³-hybridized carbons (Fsp3) is 0.308. The third-order valence-electron chi connectivity index (χ3n) is 3.09. The molecule has 1 aromatic heterocycles. The quantitative estimate of drug-likeness (QED) is 0.835. The summed E-state index contributed by atoms with van der Waals surface area (Å²) < 4.78 is 6.91. The van der Waals surface area contributed by atoms with Gasteiger partial charge < -0.3 is 9.64 Å². The van der Waals surface area contributed by atoms with E-state index in [1.54, 1.807) is 18.7 Å². The second-order valence-electron chi connectivity index (χ2n) is 4.44. The highest BCUT2D eigenvalue weighted by molar-refractivity contribution is 7.99. The van der Waals surface area contributed by atoms with Crippen molar-refractivity contribution >= 4 is 17.4 Å². The molecule has 0 N–H and O–H groups in total. The van der Waals surface area contributed by atoms with E-state index in [4.69, 9.17) is 4.74 Å². The van der Waals surface area contributed by atoms with Crippen molar-refractivity contribution < 1.29 is 4.74 Å². The monoisotopic (exact) mass is 290 g/mol. The molecule has 0 radical (unpaired) electrons. The van der Waals surface area contributed by atoms with Crippen LogP contribution in [0.3, 0.4) is 0 Å². The summed E-state index contributed by atoms with van der Waals surface area (Å²) in [5.41, 5.74) is 1.26. The van der Waals surface area contributed by atoms with Crippen molar-refractivity contribution in [3.05, 3.63) is 40.3 Å². The van der Waals surface area contributed by atoms with Gasteiger partial charge in [-0.15, -0.1) is 0 Å². The molecular weight excluding hydrogens is 276 g/mol. The van der Waals surface area contributed by atoms with Gasteiger partial charge in [0, 0.05) is 5.69 Å². The Bertz CT molecular complexity index is 684. The molecule has 0 unspecified atom stereocenters. The van der Waals surface area contributed by atoms with Crippen molar-refractivity contribution in [2.75, 3.05) is 17.9 Å². The van der Waals surface area contributed by atoms with Gasteiger partial charge in [-0.25, -0.2) is 4.68 Å². The third-order valence-corrected chi connectivity index (χ3v) is 4.09. The molecule has 0 amide bonds. The molecule has 0 atom stereocenters. The number of aryl methyl sites for hydroxylation is 1. The first kappa shape index (κ1) is 13.0. The standard InChI is InChI=1S/C13H14N4O2S/c1-9-12(18)14-13-17(15-9)7-16(8-20-13)10-3-5-11(19-2)6-4-10/h3-6H,7-8H2,1-2H3. The number of hydrogen-bond acceptors (Lipinski definition) is 6. The Morgan fingerprint density at radius 1 is 1.30 bits per heavy atom. The Labute approximate surface area is 120 Å². The van der Waals surface area contributed by atoms with Gasteiger partial charge in [-0.05, 0) is 31.2 Å². The fourth-order valence-corrected chi connectivity index (χ4v) is 2.88. The summed E-state index contributed by atoms with van der Waals surface area (Å²) in [6, 6.07) is 7.87. The molecule has 0 saturated heterocycles. The van der Waals surface area contributed by atoms with Crippen LogP contribution in [0.15, 0.2) is 34.2 Å². The van der Waals surface area contributed by atoms with Crippen LogP contribution in [0, 0.1) is 6.92 Å². The number of aromatic nitrogens is 3. The normalized spacial score (nSPS) is 14.0. The van der Waals surface area contributed by atoms with Gasteiger partial charge in [-0.1, -0.05) is 11.8 Å². The lowest BCUT2D eigenvalue weighted by Crippen LogP contribution is -2.35. The zero-order valence-corrected chi connectivity index (χ0v) is 12.1. The van der Waals surface area contributed by atoms with E-state index in [0.29, 0.717) is 17.5 Å². The van der Waals surface area contributed by atoms with Crippen LogP contribution < -0.4 is 15.2 Å². The number of anilines is 1. The second kappa shape index (κ2) is 5.16. The van der Waals surface area contributed by atoms with E-state index in [-0.39, 0.29) is 5.56 Å². The molecule has 1 aliphatic rings. The maximum absolute atomic E-state index is 11.5.